The topological polar surface area (TPSA) is 102 Å². The summed E-state index contributed by atoms with van der Waals surface area (Å²) in [5.41, 5.74) is 2.29. The van der Waals surface area contributed by atoms with Crippen LogP contribution in [-0.2, 0) is 17.7 Å². The first-order chi connectivity index (χ1) is 15.2. The highest BCUT2D eigenvalue weighted by Gasteiger charge is 2.24. The van der Waals surface area contributed by atoms with Crippen molar-refractivity contribution in [3.05, 3.63) is 17.7 Å². The van der Waals surface area contributed by atoms with E-state index in [0.717, 1.165) is 95.2 Å². The number of fused-ring (bicyclic) bond motifs is 1. The number of hydrogen-bond donors (Lipinski definition) is 2. The fourth-order valence-corrected chi connectivity index (χ4v) is 4.26. The Bertz CT molecular complexity index is 859. The van der Waals surface area contributed by atoms with Crippen molar-refractivity contribution >= 4 is 17.8 Å². The van der Waals surface area contributed by atoms with Crippen LogP contribution in [0, 0.1) is 0 Å². The van der Waals surface area contributed by atoms with Gasteiger partial charge in [-0.3, -0.25) is 4.90 Å². The van der Waals surface area contributed by atoms with Crippen LogP contribution in [0.4, 0.5) is 17.8 Å². The number of imidazole rings is 1. The lowest BCUT2D eigenvalue weighted by atomic mass is 10.1. The lowest BCUT2D eigenvalue weighted by molar-refractivity contribution is 0.122. The Hall–Kier alpha value is -2.50. The number of anilines is 3. The Labute approximate surface area is 182 Å². The molecule has 168 valence electrons. The number of rotatable bonds is 6. The van der Waals surface area contributed by atoms with Gasteiger partial charge in [-0.25, -0.2) is 4.98 Å². The van der Waals surface area contributed by atoms with E-state index >= 15 is 0 Å². The van der Waals surface area contributed by atoms with Gasteiger partial charge in [0.05, 0.1) is 37.5 Å². The summed E-state index contributed by atoms with van der Waals surface area (Å²) in [5.74, 6) is 2.10. The lowest BCUT2D eigenvalue weighted by Crippen LogP contribution is -2.45. The fourth-order valence-electron chi connectivity index (χ4n) is 4.26. The molecule has 0 spiro atoms. The zero-order valence-corrected chi connectivity index (χ0v) is 18.3. The molecule has 0 amide bonds. The third-order valence-electron chi connectivity index (χ3n) is 6.27. The van der Waals surface area contributed by atoms with E-state index in [9.17, 15) is 0 Å². The molecule has 2 aromatic rings. The monoisotopic (exact) mass is 428 g/mol. The standard InChI is InChI=1S/C20H32N10O/c1-27-6-8-28(9-7-27)5-3-21-18-24-19(29-10-12-31-13-11-29)26-20(25-18)30-4-2-16-17(14-30)23-15-22-16/h15H,2-14H2,1H3,(H,22,23)(H,21,24,25,26). The highest BCUT2D eigenvalue weighted by atomic mass is 16.5. The number of morpholine rings is 1. The highest BCUT2D eigenvalue weighted by molar-refractivity contribution is 5.46. The number of H-pyrrole nitrogens is 1. The Kier molecular flexibility index (Phi) is 6.14. The number of aromatic amines is 1. The number of aromatic nitrogens is 5. The molecule has 2 fully saturated rings. The Morgan fingerprint density at radius 1 is 0.968 bits per heavy atom. The number of nitrogens with one attached hydrogen (secondary N) is 2. The molecule has 0 atom stereocenters. The molecule has 11 nitrogen and oxygen atoms in total. The number of hydrogen-bond acceptors (Lipinski definition) is 10. The highest BCUT2D eigenvalue weighted by Crippen LogP contribution is 2.23. The van der Waals surface area contributed by atoms with Crippen LogP contribution in [0.15, 0.2) is 6.33 Å². The summed E-state index contributed by atoms with van der Waals surface area (Å²) in [4.78, 5) is 31.3. The van der Waals surface area contributed by atoms with Crippen LogP contribution in [-0.4, -0.2) is 114 Å². The van der Waals surface area contributed by atoms with E-state index in [4.69, 9.17) is 19.7 Å². The molecular formula is C20H32N10O. The number of ether oxygens (including phenoxy) is 1. The molecule has 5 rings (SSSR count). The number of piperazine rings is 1. The lowest BCUT2D eigenvalue weighted by Gasteiger charge is -2.32. The molecular weight excluding hydrogens is 396 g/mol. The summed E-state index contributed by atoms with van der Waals surface area (Å²) in [6.07, 6.45) is 2.66. The maximum absolute atomic E-state index is 5.51. The van der Waals surface area contributed by atoms with Crippen LogP contribution in [0.2, 0.25) is 0 Å². The van der Waals surface area contributed by atoms with Crippen molar-refractivity contribution in [3.8, 4) is 0 Å². The quantitative estimate of drug-likeness (QED) is 0.635. The summed E-state index contributed by atoms with van der Waals surface area (Å²) in [6, 6.07) is 0. The molecule has 2 N–H and O–H groups in total. The minimum atomic E-state index is 0.649. The zero-order chi connectivity index (χ0) is 21.0. The summed E-state index contributed by atoms with van der Waals surface area (Å²) in [7, 11) is 2.18. The first-order valence-corrected chi connectivity index (χ1v) is 11.2. The molecule has 0 saturated carbocycles. The van der Waals surface area contributed by atoms with Gasteiger partial charge in [0, 0.05) is 65.3 Å². The average Bonchev–Trinajstić information content (AvgIpc) is 3.29. The van der Waals surface area contributed by atoms with E-state index in [0.29, 0.717) is 19.2 Å². The Morgan fingerprint density at radius 3 is 2.55 bits per heavy atom. The summed E-state index contributed by atoms with van der Waals surface area (Å²) in [6.45, 7) is 10.9. The van der Waals surface area contributed by atoms with E-state index in [1.54, 1.807) is 6.33 Å². The van der Waals surface area contributed by atoms with Crippen molar-refractivity contribution in [2.24, 2.45) is 0 Å². The van der Waals surface area contributed by atoms with Gasteiger partial charge < -0.3 is 29.7 Å². The fraction of sp³-hybridized carbons (Fsp3) is 0.700. The van der Waals surface area contributed by atoms with Gasteiger partial charge in [-0.2, -0.15) is 15.0 Å². The van der Waals surface area contributed by atoms with Gasteiger partial charge in [-0.1, -0.05) is 0 Å². The van der Waals surface area contributed by atoms with Crippen LogP contribution in [0.25, 0.3) is 0 Å². The van der Waals surface area contributed by atoms with Gasteiger partial charge in [0.15, 0.2) is 0 Å². The predicted octanol–water partition coefficient (Wildman–Crippen LogP) is -0.347. The van der Waals surface area contributed by atoms with Crippen molar-refractivity contribution in [1.82, 2.24) is 34.7 Å². The SMILES string of the molecule is CN1CCN(CCNc2nc(N3CCOCC3)nc(N3CCc4nc[nH]c4C3)n2)CC1. The van der Waals surface area contributed by atoms with Gasteiger partial charge in [0.1, 0.15) is 0 Å². The Balaban J connectivity index is 1.30. The molecule has 3 aliphatic rings. The van der Waals surface area contributed by atoms with E-state index in [2.05, 4.69) is 41.9 Å². The molecule has 0 radical (unpaired) electrons. The minimum absolute atomic E-state index is 0.649. The third-order valence-corrected chi connectivity index (χ3v) is 6.27. The predicted molar refractivity (Wildman–Crippen MR) is 119 cm³/mol. The van der Waals surface area contributed by atoms with Crippen LogP contribution in [0.5, 0.6) is 0 Å². The van der Waals surface area contributed by atoms with Crippen molar-refractivity contribution in [3.63, 3.8) is 0 Å². The van der Waals surface area contributed by atoms with Crippen molar-refractivity contribution in [1.29, 1.82) is 0 Å². The van der Waals surface area contributed by atoms with Crippen molar-refractivity contribution in [2.45, 2.75) is 13.0 Å². The van der Waals surface area contributed by atoms with Gasteiger partial charge >= 0.3 is 0 Å². The van der Waals surface area contributed by atoms with Gasteiger partial charge in [0.25, 0.3) is 0 Å². The normalized spacial score (nSPS) is 20.7. The molecule has 2 aromatic heterocycles. The van der Waals surface area contributed by atoms with E-state index in [-0.39, 0.29) is 0 Å². The first-order valence-electron chi connectivity index (χ1n) is 11.2. The minimum Gasteiger partial charge on any atom is -0.378 e. The largest absolute Gasteiger partial charge is 0.378 e. The van der Waals surface area contributed by atoms with Gasteiger partial charge in [-0.05, 0) is 7.05 Å². The summed E-state index contributed by atoms with van der Waals surface area (Å²) < 4.78 is 5.51. The molecule has 31 heavy (non-hydrogen) atoms. The second-order valence-electron chi connectivity index (χ2n) is 8.43. The number of likely N-dealkylation sites (N-methyl/N-ethyl adjacent to an activating group) is 1. The maximum atomic E-state index is 5.51. The summed E-state index contributed by atoms with van der Waals surface area (Å²) in [5, 5.41) is 3.45. The van der Waals surface area contributed by atoms with Crippen molar-refractivity contribution < 1.29 is 4.74 Å². The molecule has 5 heterocycles. The molecule has 0 aromatic carbocycles. The molecule has 11 heteroatoms. The van der Waals surface area contributed by atoms with Gasteiger partial charge in [0.2, 0.25) is 17.8 Å². The van der Waals surface area contributed by atoms with Crippen LogP contribution >= 0.6 is 0 Å². The van der Waals surface area contributed by atoms with Gasteiger partial charge in [-0.15, -0.1) is 0 Å². The van der Waals surface area contributed by atoms with E-state index < -0.39 is 0 Å². The average molecular weight is 429 g/mol. The molecule has 0 bridgehead atoms. The van der Waals surface area contributed by atoms with Crippen LogP contribution in [0.1, 0.15) is 11.4 Å². The molecule has 0 unspecified atom stereocenters. The van der Waals surface area contributed by atoms with Crippen molar-refractivity contribution in [2.75, 3.05) is 94.3 Å². The summed E-state index contributed by atoms with van der Waals surface area (Å²) >= 11 is 0. The zero-order valence-electron chi connectivity index (χ0n) is 18.3. The van der Waals surface area contributed by atoms with E-state index in [1.165, 1.54) is 0 Å². The molecule has 2 saturated heterocycles. The van der Waals surface area contributed by atoms with Crippen LogP contribution < -0.4 is 15.1 Å². The Morgan fingerprint density at radius 2 is 1.74 bits per heavy atom. The van der Waals surface area contributed by atoms with Crippen LogP contribution in [0.3, 0.4) is 0 Å². The maximum Gasteiger partial charge on any atom is 0.232 e. The smallest absolute Gasteiger partial charge is 0.232 e. The van der Waals surface area contributed by atoms with E-state index in [1.807, 2.05) is 0 Å². The second-order valence-corrected chi connectivity index (χ2v) is 8.43. The molecule has 0 aliphatic carbocycles. The first kappa shape index (κ1) is 20.4. The molecule has 3 aliphatic heterocycles. The second kappa shape index (κ2) is 9.33. The number of nitrogens with zero attached hydrogens (tertiary/aromatic N) is 8. The third kappa shape index (κ3) is 4.89.